The first-order valence-corrected chi connectivity index (χ1v) is 6.82. The van der Waals surface area contributed by atoms with Crippen LogP contribution < -0.4 is 5.32 Å². The molecule has 1 aliphatic heterocycles. The topological polar surface area (TPSA) is 108 Å². The van der Waals surface area contributed by atoms with Gasteiger partial charge in [0.05, 0.1) is 19.3 Å². The van der Waals surface area contributed by atoms with Crippen molar-refractivity contribution in [1.29, 1.82) is 0 Å². The van der Waals surface area contributed by atoms with E-state index in [1.807, 2.05) is 0 Å². The number of aliphatic hydroxyl groups is 3. The van der Waals surface area contributed by atoms with Gasteiger partial charge in [-0.25, -0.2) is 9.97 Å². The molecule has 13 heteroatoms. The minimum atomic E-state index is -5.22. The van der Waals surface area contributed by atoms with Gasteiger partial charge in [-0.3, -0.25) is 0 Å². The first kappa shape index (κ1) is 19.6. The number of aliphatic hydroxyl groups excluding tert-OH is 3. The van der Waals surface area contributed by atoms with Crippen LogP contribution in [0.15, 0.2) is 6.07 Å². The quantitative estimate of drug-likeness (QED) is 0.565. The Balaban J connectivity index is 2.30. The molecule has 2 heterocycles. The van der Waals surface area contributed by atoms with Gasteiger partial charge in [0.1, 0.15) is 24.1 Å². The van der Waals surface area contributed by atoms with Crippen LogP contribution in [0.2, 0.25) is 0 Å². The van der Waals surface area contributed by atoms with Crippen LogP contribution in [0.1, 0.15) is 11.5 Å². The average Bonchev–Trinajstić information content (AvgIpc) is 2.50. The lowest BCUT2D eigenvalue weighted by atomic mass is 9.98. The van der Waals surface area contributed by atoms with Crippen molar-refractivity contribution >= 4 is 5.82 Å². The van der Waals surface area contributed by atoms with E-state index in [2.05, 4.69) is 15.3 Å². The number of hydrogen-bond donors (Lipinski definition) is 4. The van der Waals surface area contributed by atoms with Crippen LogP contribution in [0.4, 0.5) is 32.2 Å². The maximum atomic E-state index is 12.7. The molecule has 0 aromatic carbocycles. The summed E-state index contributed by atoms with van der Waals surface area (Å²) in [7, 11) is 0. The lowest BCUT2D eigenvalue weighted by Crippen LogP contribution is -2.56. The highest BCUT2D eigenvalue weighted by molar-refractivity contribution is 5.39. The third-order valence-corrected chi connectivity index (χ3v) is 3.42. The molecule has 0 unspecified atom stereocenters. The Morgan fingerprint density at radius 3 is 2.24 bits per heavy atom. The van der Waals surface area contributed by atoms with Gasteiger partial charge < -0.3 is 25.4 Å². The van der Waals surface area contributed by atoms with E-state index in [1.165, 1.54) is 0 Å². The van der Waals surface area contributed by atoms with E-state index in [-0.39, 0.29) is 6.07 Å². The molecule has 1 saturated heterocycles. The molecular weight excluding hydrogens is 364 g/mol. The average molecular weight is 377 g/mol. The summed E-state index contributed by atoms with van der Waals surface area (Å²) >= 11 is 0. The molecule has 4 atom stereocenters. The van der Waals surface area contributed by atoms with Crippen molar-refractivity contribution in [2.45, 2.75) is 36.7 Å². The Morgan fingerprint density at radius 2 is 1.72 bits per heavy atom. The summed E-state index contributed by atoms with van der Waals surface area (Å²) < 4.78 is 81.2. The molecule has 1 aliphatic rings. The molecule has 1 aromatic heterocycles. The van der Waals surface area contributed by atoms with Crippen molar-refractivity contribution in [3.63, 3.8) is 0 Å². The molecular formula is C12H13F6N3O4. The molecule has 25 heavy (non-hydrogen) atoms. The highest BCUT2D eigenvalue weighted by Gasteiger charge is 2.42. The largest absolute Gasteiger partial charge is 0.451 e. The Hall–Kier alpha value is -1.70. The third kappa shape index (κ3) is 4.48. The Bertz CT molecular complexity index is 579. The number of halogens is 6. The predicted molar refractivity (Wildman–Crippen MR) is 68.3 cm³/mol. The van der Waals surface area contributed by atoms with Crippen molar-refractivity contribution in [1.82, 2.24) is 9.97 Å². The third-order valence-electron chi connectivity index (χ3n) is 3.42. The minimum absolute atomic E-state index is 0.243. The van der Waals surface area contributed by atoms with Crippen LogP contribution >= 0.6 is 0 Å². The van der Waals surface area contributed by atoms with Gasteiger partial charge in [-0.05, 0) is 0 Å². The molecule has 1 fully saturated rings. The number of anilines is 1. The maximum Gasteiger partial charge on any atom is 0.451 e. The molecule has 7 nitrogen and oxygen atoms in total. The summed E-state index contributed by atoms with van der Waals surface area (Å²) in [5.41, 5.74) is -1.82. The zero-order chi connectivity index (χ0) is 19.0. The Morgan fingerprint density at radius 1 is 1.08 bits per heavy atom. The second-order valence-corrected chi connectivity index (χ2v) is 5.24. The van der Waals surface area contributed by atoms with E-state index in [4.69, 9.17) is 9.84 Å². The summed E-state index contributed by atoms with van der Waals surface area (Å²) in [6.45, 7) is -1.02. The molecule has 4 N–H and O–H groups in total. The second kappa shape index (κ2) is 6.90. The molecule has 0 spiro atoms. The summed E-state index contributed by atoms with van der Waals surface area (Å²) in [5, 5.41) is 30.6. The fraction of sp³-hybridized carbons (Fsp3) is 0.667. The van der Waals surface area contributed by atoms with Crippen molar-refractivity contribution in [2.75, 3.05) is 18.5 Å². The summed E-state index contributed by atoms with van der Waals surface area (Å²) in [5.74, 6) is -2.86. The van der Waals surface area contributed by atoms with Gasteiger partial charge in [0.2, 0.25) is 5.82 Å². The number of aromatic nitrogens is 2. The van der Waals surface area contributed by atoms with Crippen molar-refractivity contribution < 1.29 is 46.4 Å². The van der Waals surface area contributed by atoms with Gasteiger partial charge in [0.15, 0.2) is 5.69 Å². The van der Waals surface area contributed by atoms with Gasteiger partial charge in [-0.1, -0.05) is 0 Å². The van der Waals surface area contributed by atoms with Gasteiger partial charge in [0.25, 0.3) is 0 Å². The second-order valence-electron chi connectivity index (χ2n) is 5.24. The van der Waals surface area contributed by atoms with Crippen molar-refractivity contribution in [3.05, 3.63) is 17.6 Å². The lowest BCUT2D eigenvalue weighted by molar-refractivity contribution is -0.154. The van der Waals surface area contributed by atoms with E-state index in [9.17, 15) is 36.6 Å². The van der Waals surface area contributed by atoms with Gasteiger partial charge >= 0.3 is 12.4 Å². The van der Waals surface area contributed by atoms with Crippen LogP contribution in [0.3, 0.4) is 0 Å². The minimum Gasteiger partial charge on any atom is -0.394 e. The zero-order valence-electron chi connectivity index (χ0n) is 12.2. The van der Waals surface area contributed by atoms with Crippen LogP contribution in [0.25, 0.3) is 0 Å². The Labute approximate surface area is 136 Å². The molecule has 2 rings (SSSR count). The van der Waals surface area contributed by atoms with E-state index in [0.29, 0.717) is 0 Å². The monoisotopic (exact) mass is 377 g/mol. The Kier molecular flexibility index (Phi) is 5.41. The summed E-state index contributed by atoms with van der Waals surface area (Å²) in [6, 6.07) is -1.01. The van der Waals surface area contributed by atoms with Gasteiger partial charge in [0, 0.05) is 6.07 Å². The standard InChI is InChI=1S/C12H13F6N3O4/c13-11(14,15)6-1-7(21-10(20-6)12(16,17)18)19-4-3-25-5(2-22)9(24)8(4)23/h1,4-5,8-9,22-24H,2-3H2,(H,19,20,21)/t4-,5+,8+,9-/m0/s1. The number of hydrogen-bond acceptors (Lipinski definition) is 7. The fourth-order valence-corrected chi connectivity index (χ4v) is 2.15. The molecule has 0 saturated carbocycles. The molecule has 0 aliphatic carbocycles. The van der Waals surface area contributed by atoms with Crippen LogP contribution in [-0.2, 0) is 17.1 Å². The maximum absolute atomic E-state index is 12.7. The number of alkyl halides is 6. The lowest BCUT2D eigenvalue weighted by Gasteiger charge is -2.37. The van der Waals surface area contributed by atoms with E-state index < -0.39 is 67.3 Å². The predicted octanol–water partition coefficient (Wildman–Crippen LogP) is 0.408. The van der Waals surface area contributed by atoms with Crippen molar-refractivity contribution in [2.24, 2.45) is 0 Å². The van der Waals surface area contributed by atoms with Gasteiger partial charge in [-0.15, -0.1) is 0 Å². The number of rotatable bonds is 3. The summed E-state index contributed by atoms with van der Waals surface area (Å²) in [6.07, 6.45) is -14.7. The molecule has 1 aromatic rings. The SMILES string of the molecule is OC[C@H]1OC[C@H](Nc2cc(C(F)(F)F)nc(C(F)(F)F)n2)[C@@H](O)[C@H]1O. The molecule has 0 radical (unpaired) electrons. The molecule has 142 valence electrons. The zero-order valence-corrected chi connectivity index (χ0v) is 12.2. The highest BCUT2D eigenvalue weighted by atomic mass is 19.4. The van der Waals surface area contributed by atoms with Crippen LogP contribution in [0, 0.1) is 0 Å². The molecule has 0 amide bonds. The van der Waals surface area contributed by atoms with Gasteiger partial charge in [-0.2, -0.15) is 26.3 Å². The van der Waals surface area contributed by atoms with E-state index in [0.717, 1.165) is 0 Å². The highest BCUT2D eigenvalue weighted by Crippen LogP contribution is 2.33. The normalized spacial score (nSPS) is 28.0. The first-order valence-electron chi connectivity index (χ1n) is 6.82. The molecule has 0 bridgehead atoms. The number of nitrogens with zero attached hydrogens (tertiary/aromatic N) is 2. The summed E-state index contributed by atoms with van der Waals surface area (Å²) in [4.78, 5) is 5.42. The fourth-order valence-electron chi connectivity index (χ4n) is 2.15. The first-order chi connectivity index (χ1) is 11.4. The number of nitrogens with one attached hydrogen (secondary N) is 1. The van der Waals surface area contributed by atoms with Crippen molar-refractivity contribution in [3.8, 4) is 0 Å². The van der Waals surface area contributed by atoms with Crippen LogP contribution in [-0.4, -0.2) is 62.9 Å². The number of ether oxygens (including phenoxy) is 1. The smallest absolute Gasteiger partial charge is 0.394 e. The van der Waals surface area contributed by atoms with Crippen LogP contribution in [0.5, 0.6) is 0 Å². The van der Waals surface area contributed by atoms with E-state index >= 15 is 0 Å². The van der Waals surface area contributed by atoms with E-state index in [1.54, 1.807) is 0 Å².